The van der Waals surface area contributed by atoms with Crippen molar-refractivity contribution in [3.8, 4) is 0 Å². The van der Waals surface area contributed by atoms with E-state index in [9.17, 15) is 4.79 Å². The Kier molecular flexibility index (Phi) is 5.41. The van der Waals surface area contributed by atoms with Crippen LogP contribution >= 0.6 is 11.6 Å². The second-order valence-electron chi connectivity index (χ2n) is 6.38. The average molecular weight is 343 g/mol. The molecule has 0 radical (unpaired) electrons. The van der Waals surface area contributed by atoms with Gasteiger partial charge in [-0.15, -0.1) is 0 Å². The molecule has 0 unspecified atom stereocenters. The van der Waals surface area contributed by atoms with Gasteiger partial charge in [0.2, 0.25) is 0 Å². The number of anilines is 1. The first-order chi connectivity index (χ1) is 11.6. The van der Waals surface area contributed by atoms with Crippen LogP contribution in [-0.4, -0.2) is 19.0 Å². The lowest BCUT2D eigenvalue weighted by atomic mass is 10.1. The monoisotopic (exact) mass is 342 g/mol. The summed E-state index contributed by atoms with van der Waals surface area (Å²) in [7, 11) is 0. The highest BCUT2D eigenvalue weighted by atomic mass is 35.5. The van der Waals surface area contributed by atoms with Crippen molar-refractivity contribution in [2.24, 2.45) is 0 Å². The maximum absolute atomic E-state index is 12.3. The van der Waals surface area contributed by atoms with Crippen LogP contribution in [0, 0.1) is 6.92 Å². The predicted octanol–water partition coefficient (Wildman–Crippen LogP) is 4.57. The van der Waals surface area contributed by atoms with Crippen LogP contribution in [0.25, 0.3) is 0 Å². The lowest BCUT2D eigenvalue weighted by molar-refractivity contribution is 0.0951. The second-order valence-corrected chi connectivity index (χ2v) is 6.79. The molecule has 126 valence electrons. The first kappa shape index (κ1) is 16.8. The fourth-order valence-corrected chi connectivity index (χ4v) is 3.38. The zero-order valence-electron chi connectivity index (χ0n) is 14.0. The SMILES string of the molecule is Cc1ccc(C(=O)NCc2ccc(N3CCCCC3)cc2)c(Cl)c1. The van der Waals surface area contributed by atoms with E-state index in [0.717, 1.165) is 24.2 Å². The van der Waals surface area contributed by atoms with Crippen molar-refractivity contribution >= 4 is 23.2 Å². The van der Waals surface area contributed by atoms with Crippen LogP contribution < -0.4 is 10.2 Å². The lowest BCUT2D eigenvalue weighted by Gasteiger charge is -2.28. The molecule has 0 bridgehead atoms. The molecular weight excluding hydrogens is 320 g/mol. The second kappa shape index (κ2) is 7.71. The van der Waals surface area contributed by atoms with Gasteiger partial charge < -0.3 is 10.2 Å². The van der Waals surface area contributed by atoms with E-state index in [1.165, 1.54) is 24.9 Å². The summed E-state index contributed by atoms with van der Waals surface area (Å²) in [6, 6.07) is 13.9. The normalized spacial score (nSPS) is 14.5. The Morgan fingerprint density at radius 1 is 1.08 bits per heavy atom. The Hall–Kier alpha value is -2.00. The molecule has 0 atom stereocenters. The summed E-state index contributed by atoms with van der Waals surface area (Å²) < 4.78 is 0. The van der Waals surface area contributed by atoms with E-state index in [1.807, 2.05) is 19.1 Å². The van der Waals surface area contributed by atoms with Crippen molar-refractivity contribution in [2.75, 3.05) is 18.0 Å². The van der Waals surface area contributed by atoms with Crippen molar-refractivity contribution in [1.82, 2.24) is 5.32 Å². The van der Waals surface area contributed by atoms with E-state index < -0.39 is 0 Å². The third-order valence-corrected chi connectivity index (χ3v) is 4.79. The van der Waals surface area contributed by atoms with E-state index in [4.69, 9.17) is 11.6 Å². The molecule has 24 heavy (non-hydrogen) atoms. The first-order valence-corrected chi connectivity index (χ1v) is 8.89. The highest BCUT2D eigenvalue weighted by molar-refractivity contribution is 6.33. The van der Waals surface area contributed by atoms with E-state index in [1.54, 1.807) is 6.07 Å². The van der Waals surface area contributed by atoms with Gasteiger partial charge in [0.05, 0.1) is 10.6 Å². The first-order valence-electron chi connectivity index (χ1n) is 8.52. The van der Waals surface area contributed by atoms with Gasteiger partial charge in [-0.05, 0) is 61.6 Å². The molecule has 0 aromatic heterocycles. The number of aryl methyl sites for hydroxylation is 1. The molecule has 1 aliphatic rings. The quantitative estimate of drug-likeness (QED) is 0.882. The number of carbonyl (C=O) groups excluding carboxylic acids is 1. The van der Waals surface area contributed by atoms with E-state index in [2.05, 4.69) is 34.5 Å². The molecule has 1 aliphatic heterocycles. The Labute approximate surface area is 148 Å². The highest BCUT2D eigenvalue weighted by Gasteiger charge is 2.12. The average Bonchev–Trinajstić information content (AvgIpc) is 2.61. The lowest BCUT2D eigenvalue weighted by Crippen LogP contribution is -2.29. The summed E-state index contributed by atoms with van der Waals surface area (Å²) in [5, 5.41) is 3.43. The molecule has 3 nitrogen and oxygen atoms in total. The minimum absolute atomic E-state index is 0.139. The number of nitrogens with one attached hydrogen (secondary N) is 1. The number of benzene rings is 2. The molecule has 2 aromatic carbocycles. The minimum atomic E-state index is -0.139. The maximum Gasteiger partial charge on any atom is 0.253 e. The van der Waals surface area contributed by atoms with Gasteiger partial charge >= 0.3 is 0 Å². The zero-order valence-corrected chi connectivity index (χ0v) is 14.8. The Balaban J connectivity index is 1.59. The molecule has 1 heterocycles. The number of nitrogens with zero attached hydrogens (tertiary/aromatic N) is 1. The van der Waals surface area contributed by atoms with Gasteiger partial charge in [0.15, 0.2) is 0 Å². The van der Waals surface area contributed by atoms with Crippen molar-refractivity contribution in [1.29, 1.82) is 0 Å². The third kappa shape index (κ3) is 4.09. The Morgan fingerprint density at radius 2 is 1.79 bits per heavy atom. The standard InChI is InChI=1S/C20H23ClN2O/c1-15-5-10-18(19(21)13-15)20(24)22-14-16-6-8-17(9-7-16)23-11-3-2-4-12-23/h5-10,13H,2-4,11-12,14H2,1H3,(H,22,24). The third-order valence-electron chi connectivity index (χ3n) is 4.48. The zero-order chi connectivity index (χ0) is 16.9. The van der Waals surface area contributed by atoms with E-state index in [-0.39, 0.29) is 5.91 Å². The summed E-state index contributed by atoms with van der Waals surface area (Å²) in [6.07, 6.45) is 3.88. The van der Waals surface area contributed by atoms with Crippen LogP contribution in [0.4, 0.5) is 5.69 Å². The molecule has 4 heteroatoms. The summed E-state index contributed by atoms with van der Waals surface area (Å²) in [5.74, 6) is -0.139. The smallest absolute Gasteiger partial charge is 0.253 e. The van der Waals surface area contributed by atoms with Crippen LogP contribution in [0.3, 0.4) is 0 Å². The Morgan fingerprint density at radius 3 is 2.46 bits per heavy atom. The van der Waals surface area contributed by atoms with Gasteiger partial charge in [0.25, 0.3) is 5.91 Å². The van der Waals surface area contributed by atoms with Gasteiger partial charge in [0, 0.05) is 25.3 Å². The fraction of sp³-hybridized carbons (Fsp3) is 0.350. The predicted molar refractivity (Wildman–Crippen MR) is 99.9 cm³/mol. The number of rotatable bonds is 4. The maximum atomic E-state index is 12.3. The number of carbonyl (C=O) groups is 1. The summed E-state index contributed by atoms with van der Waals surface area (Å²) >= 11 is 6.15. The molecule has 0 aliphatic carbocycles. The molecule has 1 saturated heterocycles. The molecule has 0 spiro atoms. The molecule has 1 amide bonds. The van der Waals surface area contributed by atoms with Crippen LogP contribution in [0.5, 0.6) is 0 Å². The van der Waals surface area contributed by atoms with Gasteiger partial charge in [-0.1, -0.05) is 29.8 Å². The van der Waals surface area contributed by atoms with Crippen molar-refractivity contribution in [3.05, 3.63) is 64.2 Å². The highest BCUT2D eigenvalue weighted by Crippen LogP contribution is 2.21. The van der Waals surface area contributed by atoms with Gasteiger partial charge in [-0.3, -0.25) is 4.79 Å². The van der Waals surface area contributed by atoms with E-state index >= 15 is 0 Å². The molecule has 3 rings (SSSR count). The van der Waals surface area contributed by atoms with Gasteiger partial charge in [-0.25, -0.2) is 0 Å². The fourth-order valence-electron chi connectivity index (χ4n) is 3.06. The topological polar surface area (TPSA) is 32.3 Å². The molecular formula is C20H23ClN2O. The molecule has 0 saturated carbocycles. The molecule has 2 aromatic rings. The summed E-state index contributed by atoms with van der Waals surface area (Å²) in [4.78, 5) is 14.7. The van der Waals surface area contributed by atoms with Crippen molar-refractivity contribution in [3.63, 3.8) is 0 Å². The largest absolute Gasteiger partial charge is 0.372 e. The number of hydrogen-bond acceptors (Lipinski definition) is 2. The number of piperidine rings is 1. The Bertz CT molecular complexity index is 706. The number of hydrogen-bond donors (Lipinski definition) is 1. The summed E-state index contributed by atoms with van der Waals surface area (Å²) in [6.45, 7) is 4.74. The van der Waals surface area contributed by atoms with Crippen LogP contribution in [-0.2, 0) is 6.54 Å². The van der Waals surface area contributed by atoms with Crippen LogP contribution in [0.15, 0.2) is 42.5 Å². The molecule has 1 N–H and O–H groups in total. The van der Waals surface area contributed by atoms with Crippen molar-refractivity contribution in [2.45, 2.75) is 32.7 Å². The van der Waals surface area contributed by atoms with Crippen molar-refractivity contribution < 1.29 is 4.79 Å². The number of amides is 1. The van der Waals surface area contributed by atoms with Crippen LogP contribution in [0.1, 0.15) is 40.7 Å². The van der Waals surface area contributed by atoms with Gasteiger partial charge in [-0.2, -0.15) is 0 Å². The van der Waals surface area contributed by atoms with Crippen LogP contribution in [0.2, 0.25) is 5.02 Å². The number of halogens is 1. The molecule has 1 fully saturated rings. The minimum Gasteiger partial charge on any atom is -0.372 e. The van der Waals surface area contributed by atoms with Gasteiger partial charge in [0.1, 0.15) is 0 Å². The summed E-state index contributed by atoms with van der Waals surface area (Å²) in [5.41, 5.74) is 3.93. The van der Waals surface area contributed by atoms with E-state index in [0.29, 0.717) is 17.1 Å².